The van der Waals surface area contributed by atoms with Gasteiger partial charge in [0.15, 0.2) is 0 Å². The van der Waals surface area contributed by atoms with Crippen LogP contribution in [0.3, 0.4) is 0 Å². The molecule has 5 heteroatoms. The normalized spacial score (nSPS) is 23.7. The highest BCUT2D eigenvalue weighted by Crippen LogP contribution is 2.26. The monoisotopic (exact) mass is 284 g/mol. The Morgan fingerprint density at radius 1 is 1.32 bits per heavy atom. The van der Waals surface area contributed by atoms with Crippen molar-refractivity contribution in [2.24, 2.45) is 11.7 Å². The van der Waals surface area contributed by atoms with Crippen LogP contribution in [0.1, 0.15) is 32.1 Å². The second kappa shape index (κ2) is 6.35. The number of benzene rings is 1. The highest BCUT2D eigenvalue weighted by Gasteiger charge is 2.27. The van der Waals surface area contributed by atoms with E-state index in [-0.39, 0.29) is 22.9 Å². The van der Waals surface area contributed by atoms with Crippen molar-refractivity contribution in [1.29, 1.82) is 0 Å². The average Bonchev–Trinajstić information content (AvgIpc) is 2.57. The van der Waals surface area contributed by atoms with Crippen molar-refractivity contribution in [2.45, 2.75) is 38.1 Å². The maximum atomic E-state index is 12.9. The lowest BCUT2D eigenvalue weighted by atomic mass is 9.94. The molecule has 1 saturated carbocycles. The lowest BCUT2D eigenvalue weighted by Gasteiger charge is -2.20. The molecule has 19 heavy (non-hydrogen) atoms. The molecule has 0 bridgehead atoms. The number of hydrogen-bond acceptors (Lipinski definition) is 2. The van der Waals surface area contributed by atoms with Gasteiger partial charge in [0.2, 0.25) is 5.91 Å². The number of amides is 1. The zero-order chi connectivity index (χ0) is 13.8. The van der Waals surface area contributed by atoms with Gasteiger partial charge in [-0.1, -0.05) is 30.9 Å². The zero-order valence-electron chi connectivity index (χ0n) is 10.7. The molecule has 2 rings (SSSR count). The number of nitrogens with one attached hydrogen (secondary N) is 1. The Morgan fingerprint density at radius 3 is 2.79 bits per heavy atom. The molecule has 0 spiro atoms. The van der Waals surface area contributed by atoms with Crippen molar-refractivity contribution < 1.29 is 9.18 Å². The van der Waals surface area contributed by atoms with Gasteiger partial charge < -0.3 is 11.1 Å². The summed E-state index contributed by atoms with van der Waals surface area (Å²) in [5.74, 6) is -0.735. The second-order valence-electron chi connectivity index (χ2n) is 5.02. The smallest absolute Gasteiger partial charge is 0.229 e. The molecule has 1 amide bonds. The Kier molecular flexibility index (Phi) is 4.77. The molecule has 2 unspecified atom stereocenters. The third kappa shape index (κ3) is 3.67. The van der Waals surface area contributed by atoms with E-state index < -0.39 is 5.82 Å². The Balaban J connectivity index is 2.07. The first-order valence-corrected chi connectivity index (χ1v) is 6.97. The molecule has 1 fully saturated rings. The summed E-state index contributed by atoms with van der Waals surface area (Å²) in [6, 6.07) is 3.82. The number of rotatable bonds is 2. The number of carbonyl (C=O) groups is 1. The minimum absolute atomic E-state index is 0.110. The van der Waals surface area contributed by atoms with E-state index in [2.05, 4.69) is 5.32 Å². The molecule has 2 atom stereocenters. The van der Waals surface area contributed by atoms with E-state index in [1.54, 1.807) is 0 Å². The van der Waals surface area contributed by atoms with Gasteiger partial charge in [0.1, 0.15) is 5.82 Å². The van der Waals surface area contributed by atoms with Crippen molar-refractivity contribution in [2.75, 3.05) is 5.32 Å². The molecule has 0 saturated heterocycles. The SMILES string of the molecule is NC1CCCCCC1C(=O)Nc1ccc(F)cc1Cl. The summed E-state index contributed by atoms with van der Waals surface area (Å²) < 4.78 is 12.9. The summed E-state index contributed by atoms with van der Waals surface area (Å²) in [5.41, 5.74) is 6.48. The predicted molar refractivity (Wildman–Crippen MR) is 74.6 cm³/mol. The van der Waals surface area contributed by atoms with Gasteiger partial charge in [0.05, 0.1) is 16.6 Å². The van der Waals surface area contributed by atoms with Gasteiger partial charge in [0.25, 0.3) is 0 Å². The lowest BCUT2D eigenvalue weighted by molar-refractivity contribution is -0.120. The summed E-state index contributed by atoms with van der Waals surface area (Å²) in [6.45, 7) is 0. The van der Waals surface area contributed by atoms with Gasteiger partial charge in [-0.25, -0.2) is 4.39 Å². The van der Waals surface area contributed by atoms with Gasteiger partial charge in [0, 0.05) is 6.04 Å². The van der Waals surface area contributed by atoms with E-state index in [0.29, 0.717) is 5.69 Å². The summed E-state index contributed by atoms with van der Waals surface area (Å²) in [7, 11) is 0. The van der Waals surface area contributed by atoms with Crippen LogP contribution in [0.5, 0.6) is 0 Å². The lowest BCUT2D eigenvalue weighted by Crippen LogP contribution is -2.37. The molecule has 104 valence electrons. The van der Waals surface area contributed by atoms with E-state index in [9.17, 15) is 9.18 Å². The molecule has 3 N–H and O–H groups in total. The van der Waals surface area contributed by atoms with Crippen LogP contribution in [0.4, 0.5) is 10.1 Å². The maximum Gasteiger partial charge on any atom is 0.229 e. The Morgan fingerprint density at radius 2 is 2.05 bits per heavy atom. The zero-order valence-corrected chi connectivity index (χ0v) is 11.4. The molecule has 1 aliphatic rings. The van der Waals surface area contributed by atoms with Gasteiger partial charge in [-0.05, 0) is 31.0 Å². The van der Waals surface area contributed by atoms with Crippen LogP contribution in [0.2, 0.25) is 5.02 Å². The standard InChI is InChI=1S/C14H18ClFN2O/c15-11-8-9(16)6-7-13(11)18-14(19)10-4-2-1-3-5-12(10)17/h6-8,10,12H,1-5,17H2,(H,18,19). The highest BCUT2D eigenvalue weighted by molar-refractivity contribution is 6.33. The van der Waals surface area contributed by atoms with E-state index in [0.717, 1.165) is 32.1 Å². The highest BCUT2D eigenvalue weighted by atomic mass is 35.5. The van der Waals surface area contributed by atoms with Crippen LogP contribution in [0, 0.1) is 11.7 Å². The summed E-state index contributed by atoms with van der Waals surface area (Å²) in [5, 5.41) is 2.95. The van der Waals surface area contributed by atoms with Crippen molar-refractivity contribution in [3.8, 4) is 0 Å². The third-order valence-corrected chi connectivity index (χ3v) is 3.91. The van der Waals surface area contributed by atoms with Crippen molar-refractivity contribution >= 4 is 23.2 Å². The van der Waals surface area contributed by atoms with E-state index >= 15 is 0 Å². The fourth-order valence-electron chi connectivity index (χ4n) is 2.48. The quantitative estimate of drug-likeness (QED) is 0.819. The van der Waals surface area contributed by atoms with E-state index in [1.807, 2.05) is 0 Å². The first kappa shape index (κ1) is 14.3. The molecule has 0 radical (unpaired) electrons. The molecule has 0 aromatic heterocycles. The van der Waals surface area contributed by atoms with Gasteiger partial charge in [-0.15, -0.1) is 0 Å². The molecule has 0 aliphatic heterocycles. The molecular weight excluding hydrogens is 267 g/mol. The minimum Gasteiger partial charge on any atom is -0.327 e. The van der Waals surface area contributed by atoms with Crippen LogP contribution in [0.15, 0.2) is 18.2 Å². The molecule has 1 aliphatic carbocycles. The maximum absolute atomic E-state index is 12.9. The molecule has 0 heterocycles. The molecule has 3 nitrogen and oxygen atoms in total. The first-order valence-electron chi connectivity index (χ1n) is 6.59. The van der Waals surface area contributed by atoms with Crippen molar-refractivity contribution in [3.05, 3.63) is 29.0 Å². The number of hydrogen-bond donors (Lipinski definition) is 2. The average molecular weight is 285 g/mol. The number of carbonyl (C=O) groups excluding carboxylic acids is 1. The van der Waals surface area contributed by atoms with Gasteiger partial charge >= 0.3 is 0 Å². The van der Waals surface area contributed by atoms with Crippen LogP contribution in [-0.2, 0) is 4.79 Å². The van der Waals surface area contributed by atoms with Crippen LogP contribution < -0.4 is 11.1 Å². The summed E-state index contributed by atoms with van der Waals surface area (Å²) in [4.78, 5) is 12.2. The van der Waals surface area contributed by atoms with E-state index in [4.69, 9.17) is 17.3 Å². The fourth-order valence-corrected chi connectivity index (χ4v) is 2.69. The number of anilines is 1. The Labute approximate surface area is 117 Å². The topological polar surface area (TPSA) is 55.1 Å². The molecule has 1 aromatic carbocycles. The molecular formula is C14H18ClFN2O. The van der Waals surface area contributed by atoms with Crippen molar-refractivity contribution in [3.63, 3.8) is 0 Å². The number of halogens is 2. The minimum atomic E-state index is -0.422. The summed E-state index contributed by atoms with van der Waals surface area (Å²) >= 11 is 5.90. The Hall–Kier alpha value is -1.13. The second-order valence-corrected chi connectivity index (χ2v) is 5.43. The largest absolute Gasteiger partial charge is 0.327 e. The first-order chi connectivity index (χ1) is 9.08. The van der Waals surface area contributed by atoms with E-state index in [1.165, 1.54) is 18.2 Å². The van der Waals surface area contributed by atoms with Gasteiger partial charge in [-0.2, -0.15) is 0 Å². The predicted octanol–water partition coefficient (Wildman–Crippen LogP) is 3.33. The Bertz CT molecular complexity index is 467. The van der Waals surface area contributed by atoms with Crippen LogP contribution >= 0.6 is 11.6 Å². The third-order valence-electron chi connectivity index (χ3n) is 3.60. The fraction of sp³-hybridized carbons (Fsp3) is 0.500. The van der Waals surface area contributed by atoms with Crippen molar-refractivity contribution in [1.82, 2.24) is 0 Å². The number of nitrogens with two attached hydrogens (primary N) is 1. The van der Waals surface area contributed by atoms with Gasteiger partial charge in [-0.3, -0.25) is 4.79 Å². The van der Waals surface area contributed by atoms with Crippen LogP contribution in [0.25, 0.3) is 0 Å². The summed E-state index contributed by atoms with van der Waals surface area (Å²) in [6.07, 6.45) is 4.88. The van der Waals surface area contributed by atoms with Crippen LogP contribution in [-0.4, -0.2) is 11.9 Å². The molecule has 1 aromatic rings.